The van der Waals surface area contributed by atoms with Gasteiger partial charge in [0.1, 0.15) is 23.3 Å². The molecule has 0 bridgehead atoms. The lowest BCUT2D eigenvalue weighted by Crippen LogP contribution is -2.27. The molecule has 1 aliphatic rings. The SMILES string of the molecule is Cc1nc(N[C@H](C)c2cccc(C(F)F)c2F)c2cc(NC3CCC3)ncc2n1. The van der Waals surface area contributed by atoms with Crippen LogP contribution >= 0.6 is 0 Å². The minimum atomic E-state index is -2.87. The summed E-state index contributed by atoms with van der Waals surface area (Å²) < 4.78 is 40.6. The molecule has 1 aromatic carbocycles. The highest BCUT2D eigenvalue weighted by Crippen LogP contribution is 2.31. The van der Waals surface area contributed by atoms with Crippen molar-refractivity contribution in [1.82, 2.24) is 15.0 Å². The molecule has 2 aromatic heterocycles. The normalized spacial score (nSPS) is 15.4. The van der Waals surface area contributed by atoms with Crippen LogP contribution in [-0.4, -0.2) is 21.0 Å². The molecule has 152 valence electrons. The standard InChI is InChI=1S/C21H22F3N5/c1-11(14-7-4-8-15(19(14)22)20(23)24)26-21-16-9-18(29-13-5-3-6-13)25-10-17(16)27-12(2)28-21/h4,7-11,13,20H,3,5-6H2,1-2H3,(H,25,29)(H,26,27,28)/t11-/m1/s1. The van der Waals surface area contributed by atoms with Crippen LogP contribution in [0, 0.1) is 12.7 Å². The largest absolute Gasteiger partial charge is 0.367 e. The van der Waals surface area contributed by atoms with Gasteiger partial charge in [0.05, 0.1) is 23.3 Å². The number of anilines is 2. The van der Waals surface area contributed by atoms with Gasteiger partial charge in [-0.25, -0.2) is 28.1 Å². The van der Waals surface area contributed by atoms with E-state index in [1.807, 2.05) is 6.07 Å². The summed E-state index contributed by atoms with van der Waals surface area (Å²) in [5, 5.41) is 7.29. The van der Waals surface area contributed by atoms with E-state index in [2.05, 4.69) is 25.6 Å². The molecule has 2 heterocycles. The first-order valence-corrected chi connectivity index (χ1v) is 9.66. The fourth-order valence-electron chi connectivity index (χ4n) is 3.45. The number of nitrogens with one attached hydrogen (secondary N) is 2. The molecule has 8 heteroatoms. The van der Waals surface area contributed by atoms with Crippen molar-refractivity contribution in [3.05, 3.63) is 53.2 Å². The molecule has 4 rings (SSSR count). The van der Waals surface area contributed by atoms with Gasteiger partial charge >= 0.3 is 0 Å². The summed E-state index contributed by atoms with van der Waals surface area (Å²) in [5.74, 6) is 0.888. The van der Waals surface area contributed by atoms with Crippen molar-refractivity contribution in [3.8, 4) is 0 Å². The third-order valence-corrected chi connectivity index (χ3v) is 5.26. The second-order valence-electron chi connectivity index (χ2n) is 7.40. The van der Waals surface area contributed by atoms with Gasteiger partial charge in [0.25, 0.3) is 6.43 Å². The Balaban J connectivity index is 1.67. The summed E-state index contributed by atoms with van der Waals surface area (Å²) >= 11 is 0. The molecule has 0 saturated heterocycles. The summed E-state index contributed by atoms with van der Waals surface area (Å²) in [6.45, 7) is 3.47. The average Bonchev–Trinajstić information content (AvgIpc) is 2.64. The molecule has 5 nitrogen and oxygen atoms in total. The van der Waals surface area contributed by atoms with Crippen molar-refractivity contribution >= 4 is 22.5 Å². The Kier molecular flexibility index (Phi) is 5.25. The third kappa shape index (κ3) is 3.97. The first kappa shape index (κ1) is 19.4. The first-order chi connectivity index (χ1) is 13.9. The topological polar surface area (TPSA) is 62.7 Å². The van der Waals surface area contributed by atoms with E-state index < -0.39 is 23.8 Å². The van der Waals surface area contributed by atoms with Crippen LogP contribution in [0.2, 0.25) is 0 Å². The van der Waals surface area contributed by atoms with Crippen LogP contribution in [0.25, 0.3) is 10.9 Å². The molecule has 2 N–H and O–H groups in total. The van der Waals surface area contributed by atoms with Crippen LogP contribution in [-0.2, 0) is 0 Å². The zero-order valence-electron chi connectivity index (χ0n) is 16.2. The van der Waals surface area contributed by atoms with E-state index in [4.69, 9.17) is 0 Å². The molecule has 0 unspecified atom stereocenters. The molecule has 0 amide bonds. The van der Waals surface area contributed by atoms with E-state index in [0.29, 0.717) is 23.2 Å². The van der Waals surface area contributed by atoms with Gasteiger partial charge in [0, 0.05) is 17.0 Å². The Hall–Kier alpha value is -2.90. The van der Waals surface area contributed by atoms with Gasteiger partial charge < -0.3 is 10.6 Å². The van der Waals surface area contributed by atoms with E-state index in [1.165, 1.54) is 18.6 Å². The van der Waals surface area contributed by atoms with Crippen LogP contribution in [0.3, 0.4) is 0 Å². The van der Waals surface area contributed by atoms with Crippen LogP contribution in [0.4, 0.5) is 24.8 Å². The Labute approximate surface area is 166 Å². The molecule has 1 fully saturated rings. The van der Waals surface area contributed by atoms with Gasteiger partial charge in [-0.05, 0) is 39.2 Å². The molecular weight excluding hydrogens is 379 g/mol. The van der Waals surface area contributed by atoms with Gasteiger partial charge in [0.15, 0.2) is 0 Å². The van der Waals surface area contributed by atoms with Gasteiger partial charge in [-0.3, -0.25) is 0 Å². The van der Waals surface area contributed by atoms with Gasteiger partial charge in [-0.15, -0.1) is 0 Å². The number of nitrogens with zero attached hydrogens (tertiary/aromatic N) is 3. The zero-order valence-corrected chi connectivity index (χ0v) is 16.2. The Bertz CT molecular complexity index is 1040. The predicted molar refractivity (Wildman–Crippen MR) is 107 cm³/mol. The number of benzene rings is 1. The summed E-state index contributed by atoms with van der Waals surface area (Å²) in [6, 6.07) is 5.76. The van der Waals surface area contributed by atoms with Crippen LogP contribution in [0.15, 0.2) is 30.5 Å². The minimum absolute atomic E-state index is 0.161. The quantitative estimate of drug-likeness (QED) is 0.567. The van der Waals surface area contributed by atoms with Crippen molar-refractivity contribution in [2.24, 2.45) is 0 Å². The number of alkyl halides is 2. The molecule has 0 aliphatic heterocycles. The Morgan fingerprint density at radius 3 is 2.59 bits per heavy atom. The third-order valence-electron chi connectivity index (χ3n) is 5.26. The number of pyridine rings is 1. The number of halogens is 3. The fourth-order valence-corrected chi connectivity index (χ4v) is 3.45. The molecule has 0 radical (unpaired) electrons. The molecular formula is C21H22F3N5. The molecule has 1 aliphatic carbocycles. The number of aryl methyl sites for hydroxylation is 1. The lowest BCUT2D eigenvalue weighted by molar-refractivity contribution is 0.146. The van der Waals surface area contributed by atoms with Crippen LogP contribution in [0.5, 0.6) is 0 Å². The number of hydrogen-bond acceptors (Lipinski definition) is 5. The van der Waals surface area contributed by atoms with Crippen molar-refractivity contribution in [3.63, 3.8) is 0 Å². The van der Waals surface area contributed by atoms with E-state index in [9.17, 15) is 13.2 Å². The van der Waals surface area contributed by atoms with Gasteiger partial charge in [-0.1, -0.05) is 18.2 Å². The highest BCUT2D eigenvalue weighted by molar-refractivity contribution is 5.90. The maximum Gasteiger partial charge on any atom is 0.266 e. The number of aromatic nitrogens is 3. The second-order valence-corrected chi connectivity index (χ2v) is 7.40. The summed E-state index contributed by atoms with van der Waals surface area (Å²) in [4.78, 5) is 13.3. The van der Waals surface area contributed by atoms with E-state index in [0.717, 1.165) is 30.1 Å². The van der Waals surface area contributed by atoms with E-state index in [1.54, 1.807) is 20.0 Å². The zero-order chi connectivity index (χ0) is 20.5. The monoisotopic (exact) mass is 401 g/mol. The molecule has 29 heavy (non-hydrogen) atoms. The Morgan fingerprint density at radius 1 is 1.14 bits per heavy atom. The van der Waals surface area contributed by atoms with E-state index in [-0.39, 0.29) is 5.56 Å². The predicted octanol–water partition coefficient (Wildman–Crippen LogP) is 5.55. The highest BCUT2D eigenvalue weighted by atomic mass is 19.3. The molecule has 3 aromatic rings. The Morgan fingerprint density at radius 2 is 1.90 bits per heavy atom. The van der Waals surface area contributed by atoms with Crippen LogP contribution in [0.1, 0.15) is 55.6 Å². The number of fused-ring (bicyclic) bond motifs is 1. The van der Waals surface area contributed by atoms with Crippen molar-refractivity contribution < 1.29 is 13.2 Å². The number of hydrogen-bond donors (Lipinski definition) is 2. The van der Waals surface area contributed by atoms with Crippen LogP contribution < -0.4 is 10.6 Å². The van der Waals surface area contributed by atoms with Gasteiger partial charge in [-0.2, -0.15) is 0 Å². The summed E-state index contributed by atoms with van der Waals surface area (Å²) in [6.07, 6.45) is 2.26. The summed E-state index contributed by atoms with van der Waals surface area (Å²) in [7, 11) is 0. The average molecular weight is 401 g/mol. The molecule has 1 saturated carbocycles. The summed E-state index contributed by atoms with van der Waals surface area (Å²) in [5.41, 5.74) is 0.221. The number of rotatable bonds is 6. The lowest BCUT2D eigenvalue weighted by atomic mass is 9.93. The minimum Gasteiger partial charge on any atom is -0.367 e. The maximum atomic E-state index is 14.5. The molecule has 0 spiro atoms. The smallest absolute Gasteiger partial charge is 0.266 e. The molecule has 1 atom stereocenters. The lowest BCUT2D eigenvalue weighted by Gasteiger charge is -2.27. The second kappa shape index (κ2) is 7.85. The van der Waals surface area contributed by atoms with Gasteiger partial charge in [0.2, 0.25) is 0 Å². The highest BCUT2D eigenvalue weighted by Gasteiger charge is 2.21. The van der Waals surface area contributed by atoms with Crippen molar-refractivity contribution in [2.45, 2.75) is 51.6 Å². The van der Waals surface area contributed by atoms with Crippen molar-refractivity contribution in [2.75, 3.05) is 10.6 Å². The first-order valence-electron chi connectivity index (χ1n) is 9.66. The fraction of sp³-hybridized carbons (Fsp3) is 0.381. The maximum absolute atomic E-state index is 14.5. The van der Waals surface area contributed by atoms with Crippen molar-refractivity contribution in [1.29, 1.82) is 0 Å². The van der Waals surface area contributed by atoms with E-state index >= 15 is 0 Å².